The maximum atomic E-state index is 13.6. The summed E-state index contributed by atoms with van der Waals surface area (Å²) in [5.41, 5.74) is 7.35. The maximum absolute atomic E-state index is 13.6. The van der Waals surface area contributed by atoms with Crippen LogP contribution in [0.25, 0.3) is 0 Å². The van der Waals surface area contributed by atoms with Crippen molar-refractivity contribution in [1.82, 2.24) is 0 Å². The van der Waals surface area contributed by atoms with Crippen LogP contribution in [0.15, 0.2) is 12.1 Å². The summed E-state index contributed by atoms with van der Waals surface area (Å²) < 4.78 is 13.6. The smallest absolute Gasteiger partial charge is 0.165 e. The van der Waals surface area contributed by atoms with Crippen LogP contribution in [0.5, 0.6) is 5.75 Å². The molecule has 88 valence electrons. The lowest BCUT2D eigenvalue weighted by atomic mass is 9.87. The third-order valence-corrected chi connectivity index (χ3v) is 3.73. The van der Waals surface area contributed by atoms with Crippen molar-refractivity contribution < 1.29 is 9.50 Å². The fourth-order valence-electron chi connectivity index (χ4n) is 2.34. The van der Waals surface area contributed by atoms with E-state index in [1.54, 1.807) is 0 Å². The summed E-state index contributed by atoms with van der Waals surface area (Å²) in [6.07, 6.45) is 2.63. The molecule has 16 heavy (non-hydrogen) atoms. The molecule has 3 N–H and O–H groups in total. The zero-order valence-corrected chi connectivity index (χ0v) is 9.76. The van der Waals surface area contributed by atoms with Crippen molar-refractivity contribution in [2.24, 2.45) is 5.73 Å². The Kier molecular flexibility index (Phi) is 2.66. The number of aryl methyl sites for hydroxylation is 1. The van der Waals surface area contributed by atoms with Gasteiger partial charge in [0.05, 0.1) is 0 Å². The van der Waals surface area contributed by atoms with Crippen molar-refractivity contribution in [3.8, 4) is 5.75 Å². The van der Waals surface area contributed by atoms with Crippen LogP contribution in [0.3, 0.4) is 0 Å². The lowest BCUT2D eigenvalue weighted by Crippen LogP contribution is -2.31. The van der Waals surface area contributed by atoms with Crippen LogP contribution in [0.1, 0.15) is 37.8 Å². The molecule has 1 unspecified atom stereocenters. The number of halogens is 1. The number of phenolic OH excluding ortho intramolecular Hbond substituents is 1. The number of aromatic hydroxyl groups is 1. The summed E-state index contributed by atoms with van der Waals surface area (Å²) in [6, 6.07) is 3.25. The normalized spacial score (nSPS) is 19.5. The average Bonchev–Trinajstić information content (AvgIpc) is 3.02. The SMILES string of the molecule is CCc1cc(F)c(O)c(C2(C(C)N)CC2)c1. The molecule has 1 aromatic carbocycles. The summed E-state index contributed by atoms with van der Waals surface area (Å²) in [6.45, 7) is 3.89. The number of phenols is 1. The van der Waals surface area contributed by atoms with Crippen LogP contribution >= 0.6 is 0 Å². The quantitative estimate of drug-likeness (QED) is 0.827. The van der Waals surface area contributed by atoms with Crippen LogP contribution in [0, 0.1) is 5.82 Å². The van der Waals surface area contributed by atoms with Gasteiger partial charge in [0.2, 0.25) is 0 Å². The topological polar surface area (TPSA) is 46.2 Å². The fourth-order valence-corrected chi connectivity index (χ4v) is 2.34. The van der Waals surface area contributed by atoms with Crippen molar-refractivity contribution in [3.05, 3.63) is 29.1 Å². The van der Waals surface area contributed by atoms with Gasteiger partial charge in [-0.1, -0.05) is 13.0 Å². The standard InChI is InChI=1S/C13H18FNO/c1-3-9-6-10(12(16)11(14)7-9)13(4-5-13)8(2)15/h6-8,16H,3-5,15H2,1-2H3. The van der Waals surface area contributed by atoms with Gasteiger partial charge in [-0.15, -0.1) is 0 Å². The molecule has 3 heteroatoms. The Bertz CT molecular complexity index is 411. The number of rotatable bonds is 3. The first-order chi connectivity index (χ1) is 7.51. The molecule has 0 spiro atoms. The molecular formula is C13H18FNO. The minimum Gasteiger partial charge on any atom is -0.505 e. The highest BCUT2D eigenvalue weighted by atomic mass is 19.1. The molecule has 1 aromatic rings. The Balaban J connectivity index is 2.52. The van der Waals surface area contributed by atoms with Crippen LogP contribution in [-0.4, -0.2) is 11.1 Å². The third kappa shape index (κ3) is 1.59. The molecule has 1 aliphatic rings. The maximum Gasteiger partial charge on any atom is 0.165 e. The minimum atomic E-state index is -0.527. The summed E-state index contributed by atoms with van der Waals surface area (Å²) in [5.74, 6) is -0.742. The van der Waals surface area contributed by atoms with E-state index in [0.29, 0.717) is 5.56 Å². The Morgan fingerprint density at radius 1 is 1.50 bits per heavy atom. The van der Waals surface area contributed by atoms with Crippen molar-refractivity contribution in [1.29, 1.82) is 0 Å². The largest absolute Gasteiger partial charge is 0.505 e. The first-order valence-electron chi connectivity index (χ1n) is 5.78. The monoisotopic (exact) mass is 223 g/mol. The Labute approximate surface area is 95.3 Å². The van der Waals surface area contributed by atoms with Gasteiger partial charge in [0.25, 0.3) is 0 Å². The number of nitrogens with two attached hydrogens (primary N) is 1. The highest BCUT2D eigenvalue weighted by molar-refractivity contribution is 5.47. The van der Waals surface area contributed by atoms with Crippen molar-refractivity contribution in [2.75, 3.05) is 0 Å². The van der Waals surface area contributed by atoms with Crippen LogP contribution < -0.4 is 5.73 Å². The molecule has 0 aromatic heterocycles. The molecule has 0 radical (unpaired) electrons. The number of hydrogen-bond acceptors (Lipinski definition) is 2. The van der Waals surface area contributed by atoms with Gasteiger partial charge in [0.15, 0.2) is 11.6 Å². The predicted octanol–water partition coefficient (Wildman–Crippen LogP) is 2.47. The molecule has 0 aliphatic heterocycles. The Hall–Kier alpha value is -1.09. The molecule has 1 aliphatic carbocycles. The summed E-state index contributed by atoms with van der Waals surface area (Å²) in [7, 11) is 0. The molecule has 2 nitrogen and oxygen atoms in total. The first-order valence-corrected chi connectivity index (χ1v) is 5.78. The average molecular weight is 223 g/mol. The van der Waals surface area contributed by atoms with Gasteiger partial charge in [-0.3, -0.25) is 0 Å². The molecular weight excluding hydrogens is 205 g/mol. The first kappa shape index (κ1) is 11.4. The fraction of sp³-hybridized carbons (Fsp3) is 0.538. The van der Waals surface area contributed by atoms with Crippen LogP contribution in [-0.2, 0) is 11.8 Å². The van der Waals surface area contributed by atoms with Gasteiger partial charge in [0, 0.05) is 17.0 Å². The second kappa shape index (κ2) is 3.74. The van der Waals surface area contributed by atoms with E-state index in [1.807, 2.05) is 19.9 Å². The van der Waals surface area contributed by atoms with Gasteiger partial charge >= 0.3 is 0 Å². The van der Waals surface area contributed by atoms with E-state index in [1.165, 1.54) is 6.07 Å². The van der Waals surface area contributed by atoms with Crippen molar-refractivity contribution in [3.63, 3.8) is 0 Å². The molecule has 0 saturated heterocycles. The molecule has 0 heterocycles. The van der Waals surface area contributed by atoms with E-state index in [0.717, 1.165) is 24.8 Å². The van der Waals surface area contributed by atoms with E-state index in [4.69, 9.17) is 5.73 Å². The van der Waals surface area contributed by atoms with Gasteiger partial charge in [-0.05, 0) is 37.8 Å². The van der Waals surface area contributed by atoms with Gasteiger partial charge in [0.1, 0.15) is 0 Å². The van der Waals surface area contributed by atoms with E-state index < -0.39 is 5.82 Å². The van der Waals surface area contributed by atoms with Gasteiger partial charge in [-0.25, -0.2) is 4.39 Å². The minimum absolute atomic E-state index is 0.0510. The Morgan fingerprint density at radius 2 is 2.12 bits per heavy atom. The van der Waals surface area contributed by atoms with Crippen LogP contribution in [0.2, 0.25) is 0 Å². The van der Waals surface area contributed by atoms with Crippen molar-refractivity contribution >= 4 is 0 Å². The van der Waals surface area contributed by atoms with Gasteiger partial charge < -0.3 is 10.8 Å². The molecule has 1 fully saturated rings. The van der Waals surface area contributed by atoms with Crippen LogP contribution in [0.4, 0.5) is 4.39 Å². The molecule has 1 saturated carbocycles. The second-order valence-corrected chi connectivity index (χ2v) is 4.77. The summed E-state index contributed by atoms with van der Waals surface area (Å²) in [4.78, 5) is 0. The second-order valence-electron chi connectivity index (χ2n) is 4.77. The third-order valence-electron chi connectivity index (χ3n) is 3.73. The number of benzene rings is 1. The van der Waals surface area contributed by atoms with Crippen molar-refractivity contribution in [2.45, 2.75) is 44.6 Å². The summed E-state index contributed by atoms with van der Waals surface area (Å²) in [5, 5.41) is 9.81. The number of hydrogen-bond donors (Lipinski definition) is 2. The molecule has 1 atom stereocenters. The van der Waals surface area contributed by atoms with Gasteiger partial charge in [-0.2, -0.15) is 0 Å². The highest BCUT2D eigenvalue weighted by Crippen LogP contribution is 2.53. The predicted molar refractivity (Wildman–Crippen MR) is 62.0 cm³/mol. The van der Waals surface area contributed by atoms with E-state index in [2.05, 4.69) is 0 Å². The molecule has 2 rings (SSSR count). The summed E-state index contributed by atoms with van der Waals surface area (Å²) >= 11 is 0. The van der Waals surface area contributed by atoms with E-state index in [-0.39, 0.29) is 17.2 Å². The molecule has 0 amide bonds. The highest BCUT2D eigenvalue weighted by Gasteiger charge is 2.49. The lowest BCUT2D eigenvalue weighted by Gasteiger charge is -2.22. The Morgan fingerprint density at radius 3 is 2.56 bits per heavy atom. The zero-order chi connectivity index (χ0) is 11.9. The zero-order valence-electron chi connectivity index (χ0n) is 9.76. The van der Waals surface area contributed by atoms with E-state index >= 15 is 0 Å². The molecule has 0 bridgehead atoms. The van der Waals surface area contributed by atoms with E-state index in [9.17, 15) is 9.50 Å². The lowest BCUT2D eigenvalue weighted by molar-refractivity contribution is 0.410.